The van der Waals surface area contributed by atoms with Gasteiger partial charge < -0.3 is 9.80 Å². The smallest absolute Gasteiger partial charge is 0.145 e. The minimum Gasteiger partial charge on any atom is -0.477 e. The fraction of sp³-hybridized carbons (Fsp3) is 0. The first-order chi connectivity index (χ1) is 13.4. The van der Waals surface area contributed by atoms with Gasteiger partial charge in [-0.05, 0) is 17.7 Å². The van der Waals surface area contributed by atoms with Crippen LogP contribution in [0.15, 0.2) is 91.3 Å². The Balaban J connectivity index is 0.00000192. The van der Waals surface area contributed by atoms with Crippen LogP contribution in [-0.2, 0) is 20.1 Å². The summed E-state index contributed by atoms with van der Waals surface area (Å²) in [4.78, 5) is 13.2. The minimum atomic E-state index is 0. The molecule has 0 amide bonds. The van der Waals surface area contributed by atoms with E-state index in [9.17, 15) is 0 Å². The van der Waals surface area contributed by atoms with E-state index in [1.54, 1.807) is 12.4 Å². The Hall–Kier alpha value is -3.01. The van der Waals surface area contributed by atoms with Crippen molar-refractivity contribution in [3.63, 3.8) is 0 Å². The molecule has 0 N–H and O–H groups in total. The Labute approximate surface area is 177 Å². The van der Waals surface area contributed by atoms with E-state index in [-0.39, 0.29) is 20.1 Å². The van der Waals surface area contributed by atoms with Crippen molar-refractivity contribution >= 4 is 23.0 Å². The zero-order valence-electron chi connectivity index (χ0n) is 14.9. The maximum Gasteiger partial charge on any atom is 0.145 e. The van der Waals surface area contributed by atoms with Gasteiger partial charge in [-0.15, -0.1) is 24.0 Å². The van der Waals surface area contributed by atoms with Crippen molar-refractivity contribution in [1.29, 1.82) is 0 Å². The second-order valence-electron chi connectivity index (χ2n) is 6.22. The zero-order valence-corrected chi connectivity index (χ0v) is 17.3. The monoisotopic (exact) mass is 541 g/mol. The predicted octanol–water partition coefficient (Wildman–Crippen LogP) is 5.35. The van der Waals surface area contributed by atoms with Gasteiger partial charge in [-0.2, -0.15) is 18.2 Å². The third-order valence-corrected chi connectivity index (χ3v) is 4.53. The molecular weight excluding hydrogens is 524 g/mol. The van der Waals surface area contributed by atoms with Crippen LogP contribution in [0.4, 0.5) is 23.0 Å². The Kier molecular flexibility index (Phi) is 5.20. The first-order valence-corrected chi connectivity index (χ1v) is 8.77. The van der Waals surface area contributed by atoms with Crippen molar-refractivity contribution in [2.24, 2.45) is 0 Å². The number of anilines is 4. The van der Waals surface area contributed by atoms with Gasteiger partial charge >= 0.3 is 0 Å². The van der Waals surface area contributed by atoms with Crippen LogP contribution >= 0.6 is 0 Å². The Bertz CT molecular complexity index is 1070. The molecule has 5 rings (SSSR count). The number of rotatable bonds is 3. The molecule has 0 saturated heterocycles. The van der Waals surface area contributed by atoms with Crippen molar-refractivity contribution in [2.45, 2.75) is 0 Å². The van der Waals surface area contributed by atoms with Gasteiger partial charge in [-0.25, -0.2) is 9.97 Å². The molecular formula is C23H16IrN4-2. The van der Waals surface area contributed by atoms with Crippen molar-refractivity contribution in [3.05, 3.63) is 104 Å². The number of nitrogens with zero attached hydrogens (tertiary/aromatic N) is 4. The van der Waals surface area contributed by atoms with E-state index >= 15 is 0 Å². The summed E-state index contributed by atoms with van der Waals surface area (Å²) in [6.07, 6.45) is 3.44. The van der Waals surface area contributed by atoms with E-state index in [1.807, 2.05) is 58.9 Å². The fourth-order valence-electron chi connectivity index (χ4n) is 3.25. The molecule has 0 atom stereocenters. The van der Waals surface area contributed by atoms with Gasteiger partial charge in [0.05, 0.1) is 0 Å². The first-order valence-electron chi connectivity index (χ1n) is 8.77. The summed E-state index contributed by atoms with van der Waals surface area (Å²) in [5.74, 6) is 1.60. The largest absolute Gasteiger partial charge is 0.477 e. The van der Waals surface area contributed by atoms with E-state index in [4.69, 9.17) is 0 Å². The van der Waals surface area contributed by atoms with Crippen molar-refractivity contribution < 1.29 is 20.1 Å². The van der Waals surface area contributed by atoms with Crippen LogP contribution in [-0.4, -0.2) is 9.97 Å². The number of aromatic nitrogens is 2. The van der Waals surface area contributed by atoms with Gasteiger partial charge in [0.15, 0.2) is 0 Å². The standard InChI is InChI=1S/C23H16N4.Ir/c1-3-8-18(9-4-1)19-10-7-13-21(16-19)27-17-26(20-11-5-2-6-12-20)22-23(27)25-15-14-24-22;/h1-12,14-17H;/q-2;. The van der Waals surface area contributed by atoms with Crippen LogP contribution in [0, 0.1) is 12.7 Å². The van der Waals surface area contributed by atoms with E-state index < -0.39 is 0 Å². The third-order valence-electron chi connectivity index (χ3n) is 4.53. The zero-order chi connectivity index (χ0) is 18.1. The molecule has 4 aromatic rings. The number of hydrogen-bond acceptors (Lipinski definition) is 4. The minimum absolute atomic E-state index is 0. The Morgan fingerprint density at radius 3 is 2.07 bits per heavy atom. The molecule has 28 heavy (non-hydrogen) atoms. The van der Waals surface area contributed by atoms with E-state index in [1.165, 1.54) is 5.56 Å². The Morgan fingerprint density at radius 2 is 1.36 bits per heavy atom. The van der Waals surface area contributed by atoms with E-state index in [0.717, 1.165) is 28.6 Å². The van der Waals surface area contributed by atoms with E-state index in [2.05, 4.69) is 52.4 Å². The summed E-state index contributed by atoms with van der Waals surface area (Å²) in [7, 11) is 0. The summed E-state index contributed by atoms with van der Waals surface area (Å²) >= 11 is 0. The molecule has 0 aliphatic carbocycles. The topological polar surface area (TPSA) is 32.3 Å². The average molecular weight is 541 g/mol. The van der Waals surface area contributed by atoms with Crippen LogP contribution in [0.2, 0.25) is 0 Å². The van der Waals surface area contributed by atoms with Crippen molar-refractivity contribution in [3.8, 4) is 11.1 Å². The predicted molar refractivity (Wildman–Crippen MR) is 108 cm³/mol. The molecule has 5 heteroatoms. The van der Waals surface area contributed by atoms with Crippen LogP contribution in [0.3, 0.4) is 0 Å². The molecule has 0 saturated carbocycles. The summed E-state index contributed by atoms with van der Waals surface area (Å²) in [6, 6.07) is 30.0. The quantitative estimate of drug-likeness (QED) is 0.328. The first kappa shape index (κ1) is 18.4. The fourth-order valence-corrected chi connectivity index (χ4v) is 3.25. The molecule has 1 aliphatic heterocycles. The Morgan fingerprint density at radius 1 is 0.714 bits per heavy atom. The summed E-state index contributed by atoms with van der Waals surface area (Å²) in [5, 5.41) is 0. The molecule has 0 bridgehead atoms. The van der Waals surface area contributed by atoms with Crippen molar-refractivity contribution in [1.82, 2.24) is 9.97 Å². The molecule has 1 radical (unpaired) electrons. The van der Waals surface area contributed by atoms with Crippen LogP contribution in [0.25, 0.3) is 11.1 Å². The second-order valence-corrected chi connectivity index (χ2v) is 6.22. The number of para-hydroxylation sites is 1. The van der Waals surface area contributed by atoms with Crippen molar-refractivity contribution in [2.75, 3.05) is 9.80 Å². The maximum absolute atomic E-state index is 4.57. The van der Waals surface area contributed by atoms with Gasteiger partial charge in [0, 0.05) is 38.2 Å². The van der Waals surface area contributed by atoms with E-state index in [0.29, 0.717) is 0 Å². The maximum atomic E-state index is 4.57. The van der Waals surface area contributed by atoms with Gasteiger partial charge in [0.2, 0.25) is 0 Å². The molecule has 4 nitrogen and oxygen atoms in total. The normalized spacial score (nSPS) is 12.4. The molecule has 0 unspecified atom stereocenters. The molecule has 1 aliphatic rings. The molecule has 139 valence electrons. The summed E-state index contributed by atoms with van der Waals surface area (Å²) in [6.45, 7) is 2.01. The summed E-state index contributed by atoms with van der Waals surface area (Å²) in [5.41, 5.74) is 4.28. The molecule has 3 aromatic carbocycles. The number of fused-ring (bicyclic) bond motifs is 1. The number of benzene rings is 3. The van der Waals surface area contributed by atoms with Gasteiger partial charge in [-0.3, -0.25) is 0 Å². The molecule has 2 heterocycles. The van der Waals surface area contributed by atoms with Crippen LogP contribution < -0.4 is 9.80 Å². The molecule has 1 aromatic heterocycles. The third kappa shape index (κ3) is 3.31. The van der Waals surface area contributed by atoms with Gasteiger partial charge in [0.25, 0.3) is 0 Å². The molecule has 0 fully saturated rings. The van der Waals surface area contributed by atoms with Crippen LogP contribution in [0.1, 0.15) is 0 Å². The van der Waals surface area contributed by atoms with Gasteiger partial charge in [-0.1, -0.05) is 48.5 Å². The second kappa shape index (κ2) is 7.93. The molecule has 0 spiro atoms. The SMILES string of the molecule is [Ir].[c-]1ccc(-c2ccccc2)cc1N1[CH-]N(c2ccccc2)c2nccnc21. The van der Waals surface area contributed by atoms with Crippen LogP contribution in [0.5, 0.6) is 0 Å². The number of hydrogen-bond donors (Lipinski definition) is 0. The average Bonchev–Trinajstić information content (AvgIpc) is 3.15. The summed E-state index contributed by atoms with van der Waals surface area (Å²) < 4.78 is 0. The van der Waals surface area contributed by atoms with Gasteiger partial charge in [0.1, 0.15) is 11.6 Å².